The highest BCUT2D eigenvalue weighted by Crippen LogP contribution is 2.14. The molecule has 0 saturated heterocycles. The number of carbonyl (C=O) groups is 2. The molecule has 1 aromatic carbocycles. The summed E-state index contributed by atoms with van der Waals surface area (Å²) < 4.78 is 5.60. The highest BCUT2D eigenvalue weighted by molar-refractivity contribution is 6.09. The lowest BCUT2D eigenvalue weighted by molar-refractivity contribution is -0.384. The van der Waals surface area contributed by atoms with E-state index in [-0.39, 0.29) is 5.57 Å². The number of nitriles is 1. The number of amides is 2. The molecule has 0 fully saturated rings. The molecular weight excluding hydrogens is 330 g/mol. The molecular formula is C15H11N5O5. The van der Waals surface area contributed by atoms with Gasteiger partial charge in [-0.3, -0.25) is 20.2 Å². The van der Waals surface area contributed by atoms with E-state index in [1.165, 1.54) is 13.2 Å². The van der Waals surface area contributed by atoms with Crippen LogP contribution in [0.4, 0.5) is 10.5 Å². The standard InChI is InChI=1S/C15H11N5O5/c1-25-13-4-2-10(3-5-13)6-11(7-16)14(21)18-15(22)19-9-12(8-17-19)20(23)24/h2-6,8-9H,1H3,(H,18,21,22). The summed E-state index contributed by atoms with van der Waals surface area (Å²) in [6.07, 6.45) is 3.00. The number of nitro groups is 1. The van der Waals surface area contributed by atoms with Gasteiger partial charge in [0.25, 0.3) is 5.91 Å². The van der Waals surface area contributed by atoms with Crippen LogP contribution in [0.5, 0.6) is 5.75 Å². The number of imide groups is 1. The maximum absolute atomic E-state index is 12.0. The molecule has 0 saturated carbocycles. The summed E-state index contributed by atoms with van der Waals surface area (Å²) in [5.41, 5.74) is -0.174. The monoisotopic (exact) mass is 341 g/mol. The lowest BCUT2D eigenvalue weighted by atomic mass is 10.1. The number of ether oxygens (including phenoxy) is 1. The summed E-state index contributed by atoms with van der Waals surface area (Å²) in [5, 5.41) is 25.0. The molecule has 2 aromatic rings. The molecule has 0 atom stereocenters. The summed E-state index contributed by atoms with van der Waals surface area (Å²) in [6.45, 7) is 0. The second-order valence-corrected chi connectivity index (χ2v) is 4.60. The molecule has 0 aliphatic rings. The fourth-order valence-electron chi connectivity index (χ4n) is 1.76. The molecule has 0 radical (unpaired) electrons. The number of nitrogens with one attached hydrogen (secondary N) is 1. The molecule has 0 bridgehead atoms. The van der Waals surface area contributed by atoms with E-state index in [4.69, 9.17) is 10.00 Å². The topological polar surface area (TPSA) is 140 Å². The average Bonchev–Trinajstić information content (AvgIpc) is 3.10. The van der Waals surface area contributed by atoms with E-state index in [9.17, 15) is 19.7 Å². The van der Waals surface area contributed by atoms with E-state index in [0.29, 0.717) is 16.0 Å². The lowest BCUT2D eigenvalue weighted by Gasteiger charge is -2.03. The zero-order valence-corrected chi connectivity index (χ0v) is 12.9. The normalized spacial score (nSPS) is 10.6. The maximum atomic E-state index is 12.0. The Morgan fingerprint density at radius 3 is 2.60 bits per heavy atom. The molecule has 0 aliphatic heterocycles. The van der Waals surface area contributed by atoms with Crippen LogP contribution in [0.15, 0.2) is 42.2 Å². The number of nitrogens with zero attached hydrogens (tertiary/aromatic N) is 4. The highest BCUT2D eigenvalue weighted by Gasteiger charge is 2.18. The van der Waals surface area contributed by atoms with Gasteiger partial charge in [0.15, 0.2) is 0 Å². The van der Waals surface area contributed by atoms with Crippen LogP contribution in [0, 0.1) is 21.4 Å². The van der Waals surface area contributed by atoms with Crippen LogP contribution in [0.2, 0.25) is 0 Å². The van der Waals surface area contributed by atoms with E-state index in [1.54, 1.807) is 30.3 Å². The Hall–Kier alpha value is -4.00. The van der Waals surface area contributed by atoms with Gasteiger partial charge in [-0.05, 0) is 23.8 Å². The van der Waals surface area contributed by atoms with Gasteiger partial charge in [0.2, 0.25) is 0 Å². The first kappa shape index (κ1) is 17.4. The Morgan fingerprint density at radius 2 is 2.08 bits per heavy atom. The van der Waals surface area contributed by atoms with E-state index in [1.807, 2.05) is 5.32 Å². The minimum Gasteiger partial charge on any atom is -0.497 e. The van der Waals surface area contributed by atoms with Crippen molar-refractivity contribution in [2.75, 3.05) is 7.11 Å². The van der Waals surface area contributed by atoms with Crippen molar-refractivity contribution in [3.63, 3.8) is 0 Å². The first-order valence-corrected chi connectivity index (χ1v) is 6.75. The van der Waals surface area contributed by atoms with Crippen LogP contribution in [0.3, 0.4) is 0 Å². The van der Waals surface area contributed by atoms with Gasteiger partial charge in [0, 0.05) is 0 Å². The fraction of sp³-hybridized carbons (Fsp3) is 0.0667. The molecule has 2 amide bonds. The van der Waals surface area contributed by atoms with Gasteiger partial charge < -0.3 is 4.74 Å². The number of aromatic nitrogens is 2. The molecule has 10 nitrogen and oxygen atoms in total. The molecule has 1 aromatic heterocycles. The van der Waals surface area contributed by atoms with E-state index in [2.05, 4.69) is 5.10 Å². The largest absolute Gasteiger partial charge is 0.497 e. The van der Waals surface area contributed by atoms with Crippen molar-refractivity contribution in [3.8, 4) is 11.8 Å². The van der Waals surface area contributed by atoms with Gasteiger partial charge in [-0.1, -0.05) is 12.1 Å². The zero-order chi connectivity index (χ0) is 18.4. The van der Waals surface area contributed by atoms with Gasteiger partial charge in [0.1, 0.15) is 29.8 Å². The Kier molecular flexibility index (Phi) is 5.22. The minimum absolute atomic E-state index is 0.319. The Labute approximate surface area is 141 Å². The summed E-state index contributed by atoms with van der Waals surface area (Å²) >= 11 is 0. The van der Waals surface area contributed by atoms with E-state index < -0.39 is 22.5 Å². The van der Waals surface area contributed by atoms with Crippen molar-refractivity contribution < 1.29 is 19.2 Å². The van der Waals surface area contributed by atoms with Crippen LogP contribution >= 0.6 is 0 Å². The van der Waals surface area contributed by atoms with Crippen molar-refractivity contribution in [3.05, 3.63) is 57.9 Å². The van der Waals surface area contributed by atoms with Crippen molar-refractivity contribution >= 4 is 23.7 Å². The summed E-state index contributed by atoms with van der Waals surface area (Å²) in [6, 6.07) is 7.21. The number of hydrogen-bond donors (Lipinski definition) is 1. The van der Waals surface area contributed by atoms with Crippen molar-refractivity contribution in [2.45, 2.75) is 0 Å². The Morgan fingerprint density at radius 1 is 1.40 bits per heavy atom. The average molecular weight is 341 g/mol. The second kappa shape index (κ2) is 7.51. The number of methoxy groups -OCH3 is 1. The van der Waals surface area contributed by atoms with Gasteiger partial charge >= 0.3 is 11.7 Å². The highest BCUT2D eigenvalue weighted by atomic mass is 16.6. The molecule has 2 rings (SSSR count). The third-order valence-electron chi connectivity index (χ3n) is 3.00. The molecule has 0 spiro atoms. The van der Waals surface area contributed by atoms with Crippen molar-refractivity contribution in [1.82, 2.24) is 15.1 Å². The van der Waals surface area contributed by atoms with Crippen LogP contribution in [0.1, 0.15) is 5.56 Å². The van der Waals surface area contributed by atoms with E-state index >= 15 is 0 Å². The predicted octanol–water partition coefficient (Wildman–Crippen LogP) is 1.49. The number of carbonyl (C=O) groups excluding carboxylic acids is 2. The molecule has 0 aliphatic carbocycles. The number of benzene rings is 1. The molecule has 126 valence electrons. The second-order valence-electron chi connectivity index (χ2n) is 4.60. The SMILES string of the molecule is COc1ccc(C=C(C#N)C(=O)NC(=O)n2cc([N+](=O)[O-])cn2)cc1. The fourth-order valence-corrected chi connectivity index (χ4v) is 1.76. The molecule has 25 heavy (non-hydrogen) atoms. The molecule has 1 heterocycles. The summed E-state index contributed by atoms with van der Waals surface area (Å²) in [5.74, 6) is -0.350. The Balaban J connectivity index is 2.13. The molecule has 10 heteroatoms. The minimum atomic E-state index is -1.02. The van der Waals surface area contributed by atoms with Gasteiger partial charge in [-0.25, -0.2) is 4.79 Å². The van der Waals surface area contributed by atoms with Crippen LogP contribution in [-0.2, 0) is 4.79 Å². The van der Waals surface area contributed by atoms with Gasteiger partial charge in [-0.15, -0.1) is 0 Å². The summed E-state index contributed by atoms with van der Waals surface area (Å²) in [7, 11) is 1.50. The summed E-state index contributed by atoms with van der Waals surface area (Å²) in [4.78, 5) is 33.7. The van der Waals surface area contributed by atoms with Gasteiger partial charge in [-0.2, -0.15) is 15.0 Å². The molecule has 1 N–H and O–H groups in total. The smallest absolute Gasteiger partial charge is 0.349 e. The third kappa shape index (κ3) is 4.26. The number of hydrogen-bond acceptors (Lipinski definition) is 7. The lowest BCUT2D eigenvalue weighted by Crippen LogP contribution is -2.35. The predicted molar refractivity (Wildman–Crippen MR) is 84.4 cm³/mol. The quantitative estimate of drug-likeness (QED) is 0.384. The first-order chi connectivity index (χ1) is 11.9. The Bertz CT molecular complexity index is 892. The third-order valence-corrected chi connectivity index (χ3v) is 3.00. The van der Waals surface area contributed by atoms with Crippen LogP contribution in [-0.4, -0.2) is 33.8 Å². The van der Waals surface area contributed by atoms with Crippen LogP contribution < -0.4 is 10.1 Å². The first-order valence-electron chi connectivity index (χ1n) is 6.75. The number of rotatable bonds is 4. The van der Waals surface area contributed by atoms with Crippen LogP contribution in [0.25, 0.3) is 6.08 Å². The maximum Gasteiger partial charge on any atom is 0.349 e. The zero-order valence-electron chi connectivity index (χ0n) is 12.9. The van der Waals surface area contributed by atoms with Crippen molar-refractivity contribution in [2.24, 2.45) is 0 Å². The van der Waals surface area contributed by atoms with E-state index in [0.717, 1.165) is 12.4 Å². The molecule has 0 unspecified atom stereocenters. The van der Waals surface area contributed by atoms with Crippen molar-refractivity contribution in [1.29, 1.82) is 5.26 Å². The van der Waals surface area contributed by atoms with Gasteiger partial charge in [0.05, 0.1) is 12.0 Å².